The van der Waals surface area contributed by atoms with Gasteiger partial charge in [0.2, 0.25) is 11.8 Å². The molecule has 2 amide bonds. The summed E-state index contributed by atoms with van der Waals surface area (Å²) in [5.74, 6) is -0.522. The first-order chi connectivity index (χ1) is 11.1. The van der Waals surface area contributed by atoms with Crippen molar-refractivity contribution in [3.8, 4) is 11.3 Å². The number of furan rings is 1. The fraction of sp³-hybridized carbons (Fsp3) is 0.133. The molecule has 0 aliphatic rings. The van der Waals surface area contributed by atoms with Gasteiger partial charge in [-0.3, -0.25) is 14.9 Å². The van der Waals surface area contributed by atoms with Crippen LogP contribution in [0.5, 0.6) is 0 Å². The van der Waals surface area contributed by atoms with Crippen LogP contribution in [0.2, 0.25) is 0 Å². The van der Waals surface area contributed by atoms with E-state index in [4.69, 9.17) is 8.94 Å². The van der Waals surface area contributed by atoms with Crippen LogP contribution in [0.3, 0.4) is 0 Å². The zero-order chi connectivity index (χ0) is 16.2. The van der Waals surface area contributed by atoms with Gasteiger partial charge in [0.1, 0.15) is 11.7 Å². The van der Waals surface area contributed by atoms with E-state index in [1.807, 2.05) is 16.8 Å². The third-order valence-corrected chi connectivity index (χ3v) is 3.74. The highest BCUT2D eigenvalue weighted by Crippen LogP contribution is 2.23. The van der Waals surface area contributed by atoms with E-state index >= 15 is 0 Å². The predicted octanol–water partition coefficient (Wildman–Crippen LogP) is 2.75. The summed E-state index contributed by atoms with van der Waals surface area (Å²) in [5.41, 5.74) is 1.55. The fourth-order valence-corrected chi connectivity index (χ4v) is 2.50. The van der Waals surface area contributed by atoms with Crippen molar-refractivity contribution in [3.05, 3.63) is 47.0 Å². The Morgan fingerprint density at radius 3 is 2.91 bits per heavy atom. The second kappa shape index (κ2) is 6.49. The van der Waals surface area contributed by atoms with E-state index in [0.29, 0.717) is 5.69 Å². The molecule has 118 valence electrons. The van der Waals surface area contributed by atoms with Gasteiger partial charge >= 0.3 is 0 Å². The average Bonchev–Trinajstić information content (AvgIpc) is 3.28. The van der Waals surface area contributed by atoms with E-state index < -0.39 is 17.9 Å². The van der Waals surface area contributed by atoms with E-state index in [1.165, 1.54) is 12.3 Å². The molecule has 0 aliphatic carbocycles. The molecule has 0 saturated heterocycles. The van der Waals surface area contributed by atoms with Crippen molar-refractivity contribution in [3.63, 3.8) is 0 Å². The van der Waals surface area contributed by atoms with Crippen molar-refractivity contribution in [2.45, 2.75) is 13.0 Å². The molecule has 0 aromatic carbocycles. The Labute approximate surface area is 135 Å². The molecule has 0 fully saturated rings. The van der Waals surface area contributed by atoms with Crippen LogP contribution in [-0.2, 0) is 4.79 Å². The number of anilines is 1. The maximum Gasteiger partial charge on any atom is 0.287 e. The summed E-state index contributed by atoms with van der Waals surface area (Å²) in [6.07, 6.45) is 1.39. The van der Waals surface area contributed by atoms with Gasteiger partial charge in [0, 0.05) is 17.0 Å². The fourth-order valence-electron chi connectivity index (χ4n) is 1.85. The smallest absolute Gasteiger partial charge is 0.287 e. The third kappa shape index (κ3) is 3.49. The van der Waals surface area contributed by atoms with Crippen LogP contribution in [0.25, 0.3) is 11.3 Å². The van der Waals surface area contributed by atoms with E-state index in [2.05, 4.69) is 15.8 Å². The van der Waals surface area contributed by atoms with E-state index in [9.17, 15) is 9.59 Å². The van der Waals surface area contributed by atoms with E-state index in [0.717, 1.165) is 5.56 Å². The van der Waals surface area contributed by atoms with Gasteiger partial charge in [0.25, 0.3) is 5.91 Å². The Morgan fingerprint density at radius 1 is 1.35 bits per heavy atom. The zero-order valence-electron chi connectivity index (χ0n) is 12.1. The van der Waals surface area contributed by atoms with Crippen LogP contribution in [-0.4, -0.2) is 23.0 Å². The summed E-state index contributed by atoms with van der Waals surface area (Å²) >= 11 is 1.54. The molecule has 23 heavy (non-hydrogen) atoms. The lowest BCUT2D eigenvalue weighted by molar-refractivity contribution is -0.117. The Hall–Kier alpha value is -2.87. The number of rotatable bonds is 5. The minimum Gasteiger partial charge on any atom is -0.459 e. The minimum atomic E-state index is -0.762. The first-order valence-electron chi connectivity index (χ1n) is 6.78. The lowest BCUT2D eigenvalue weighted by Crippen LogP contribution is -2.41. The highest BCUT2D eigenvalue weighted by Gasteiger charge is 2.19. The molecule has 3 aromatic rings. The Balaban J connectivity index is 1.59. The van der Waals surface area contributed by atoms with Gasteiger partial charge in [-0.1, -0.05) is 5.16 Å². The van der Waals surface area contributed by atoms with Crippen molar-refractivity contribution in [2.24, 2.45) is 0 Å². The largest absolute Gasteiger partial charge is 0.459 e. The Morgan fingerprint density at radius 2 is 2.22 bits per heavy atom. The number of aromatic nitrogens is 1. The standard InChI is InChI=1S/C15H13N3O4S/c1-9(16-15(20)12-3-2-5-21-12)14(19)17-13-7-11(18-22-13)10-4-6-23-8-10/h2-9H,1H3,(H,16,20)(H,17,19). The summed E-state index contributed by atoms with van der Waals surface area (Å²) in [4.78, 5) is 23.9. The number of nitrogens with zero attached hydrogens (tertiary/aromatic N) is 1. The zero-order valence-corrected chi connectivity index (χ0v) is 12.9. The number of amides is 2. The molecule has 0 radical (unpaired) electrons. The van der Waals surface area contributed by atoms with Crippen LogP contribution in [0.15, 0.2) is 50.2 Å². The number of hydrogen-bond donors (Lipinski definition) is 2. The van der Waals surface area contributed by atoms with Crippen LogP contribution < -0.4 is 10.6 Å². The van der Waals surface area contributed by atoms with Gasteiger partial charge in [-0.15, -0.1) is 0 Å². The highest BCUT2D eigenvalue weighted by molar-refractivity contribution is 7.08. The van der Waals surface area contributed by atoms with Crippen molar-refractivity contribution in [1.82, 2.24) is 10.5 Å². The van der Waals surface area contributed by atoms with Gasteiger partial charge in [0.05, 0.1) is 6.26 Å². The van der Waals surface area contributed by atoms with Crippen molar-refractivity contribution in [1.29, 1.82) is 0 Å². The maximum absolute atomic E-state index is 12.1. The topological polar surface area (TPSA) is 97.4 Å². The van der Waals surface area contributed by atoms with Gasteiger partial charge < -0.3 is 14.3 Å². The number of nitrogens with one attached hydrogen (secondary N) is 2. The van der Waals surface area contributed by atoms with Crippen LogP contribution >= 0.6 is 11.3 Å². The van der Waals surface area contributed by atoms with Gasteiger partial charge in [0.15, 0.2) is 5.76 Å². The number of carbonyl (C=O) groups is 2. The maximum atomic E-state index is 12.1. The lowest BCUT2D eigenvalue weighted by Gasteiger charge is -2.11. The number of hydrogen-bond acceptors (Lipinski definition) is 6. The van der Waals surface area contributed by atoms with Crippen LogP contribution in [0, 0.1) is 0 Å². The third-order valence-electron chi connectivity index (χ3n) is 3.06. The average molecular weight is 331 g/mol. The molecule has 3 heterocycles. The van der Waals surface area contributed by atoms with E-state index in [1.54, 1.807) is 30.4 Å². The number of carbonyl (C=O) groups excluding carboxylic acids is 2. The predicted molar refractivity (Wildman–Crippen MR) is 84.1 cm³/mol. The second-order valence-electron chi connectivity index (χ2n) is 4.75. The molecule has 7 nitrogen and oxygen atoms in total. The molecular formula is C15H13N3O4S. The highest BCUT2D eigenvalue weighted by atomic mass is 32.1. The molecule has 2 N–H and O–H groups in total. The first-order valence-corrected chi connectivity index (χ1v) is 7.72. The molecular weight excluding hydrogens is 318 g/mol. The first kappa shape index (κ1) is 15.0. The van der Waals surface area contributed by atoms with Crippen molar-refractivity contribution in [2.75, 3.05) is 5.32 Å². The molecule has 0 bridgehead atoms. The minimum absolute atomic E-state index is 0.143. The summed E-state index contributed by atoms with van der Waals surface area (Å²) in [5, 5.41) is 12.8. The molecule has 0 aliphatic heterocycles. The van der Waals surface area contributed by atoms with E-state index in [-0.39, 0.29) is 11.6 Å². The summed E-state index contributed by atoms with van der Waals surface area (Å²) in [6.45, 7) is 1.56. The van der Waals surface area contributed by atoms with Crippen LogP contribution in [0.1, 0.15) is 17.5 Å². The summed E-state index contributed by atoms with van der Waals surface area (Å²) in [6, 6.07) is 5.88. The Kier molecular flexibility index (Phi) is 4.24. The lowest BCUT2D eigenvalue weighted by atomic mass is 10.2. The quantitative estimate of drug-likeness (QED) is 0.749. The van der Waals surface area contributed by atoms with Crippen molar-refractivity contribution >= 4 is 29.0 Å². The molecule has 3 rings (SSSR count). The molecule has 1 unspecified atom stereocenters. The summed E-state index contributed by atoms with van der Waals surface area (Å²) in [7, 11) is 0. The van der Waals surface area contributed by atoms with Gasteiger partial charge in [-0.2, -0.15) is 11.3 Å². The number of thiophene rings is 1. The molecule has 1 atom stereocenters. The Bertz CT molecular complexity index is 793. The monoisotopic (exact) mass is 331 g/mol. The van der Waals surface area contributed by atoms with Gasteiger partial charge in [-0.05, 0) is 30.5 Å². The van der Waals surface area contributed by atoms with Crippen molar-refractivity contribution < 1.29 is 18.5 Å². The second-order valence-corrected chi connectivity index (χ2v) is 5.53. The molecule has 8 heteroatoms. The molecule has 3 aromatic heterocycles. The van der Waals surface area contributed by atoms with Crippen LogP contribution in [0.4, 0.5) is 5.88 Å². The van der Waals surface area contributed by atoms with Gasteiger partial charge in [-0.25, -0.2) is 0 Å². The summed E-state index contributed by atoms with van der Waals surface area (Å²) < 4.78 is 10.0. The normalized spacial score (nSPS) is 11.9. The SMILES string of the molecule is CC(NC(=O)c1ccco1)C(=O)Nc1cc(-c2ccsc2)no1. The molecule has 0 saturated carbocycles. The molecule has 0 spiro atoms.